The van der Waals surface area contributed by atoms with Crippen molar-refractivity contribution in [3.05, 3.63) is 58.6 Å². The summed E-state index contributed by atoms with van der Waals surface area (Å²) in [5.41, 5.74) is 0.643. The van der Waals surface area contributed by atoms with E-state index < -0.39 is 5.97 Å². The van der Waals surface area contributed by atoms with Gasteiger partial charge in [0.2, 0.25) is 0 Å². The van der Waals surface area contributed by atoms with Crippen molar-refractivity contribution in [1.82, 2.24) is 0 Å². The molecule has 0 bridgehead atoms. The summed E-state index contributed by atoms with van der Waals surface area (Å²) in [7, 11) is 0. The van der Waals surface area contributed by atoms with Crippen LogP contribution >= 0.6 is 23.4 Å². The molecule has 0 fully saturated rings. The summed E-state index contributed by atoms with van der Waals surface area (Å²) in [6, 6.07) is 13.7. The largest absolute Gasteiger partial charge is 0.478 e. The molecule has 0 amide bonds. The third kappa shape index (κ3) is 3.08. The van der Waals surface area contributed by atoms with E-state index in [2.05, 4.69) is 6.07 Å². The normalized spacial score (nSPS) is 9.89. The topological polar surface area (TPSA) is 61.1 Å². The summed E-state index contributed by atoms with van der Waals surface area (Å²) >= 11 is 7.07. The SMILES string of the molecule is N#Cc1cc(Cl)ccc1Sc1ccccc1C(=O)O. The number of hydrogen-bond donors (Lipinski definition) is 1. The smallest absolute Gasteiger partial charge is 0.336 e. The van der Waals surface area contributed by atoms with Crippen molar-refractivity contribution in [2.24, 2.45) is 0 Å². The Labute approximate surface area is 119 Å². The van der Waals surface area contributed by atoms with E-state index in [0.29, 0.717) is 20.4 Å². The molecule has 0 saturated carbocycles. The molecular formula is C14H8ClNO2S. The van der Waals surface area contributed by atoms with Gasteiger partial charge in [-0.1, -0.05) is 35.5 Å². The molecule has 2 aromatic rings. The molecule has 0 aliphatic carbocycles. The van der Waals surface area contributed by atoms with Gasteiger partial charge < -0.3 is 5.11 Å². The highest BCUT2D eigenvalue weighted by Crippen LogP contribution is 2.33. The van der Waals surface area contributed by atoms with Crippen LogP contribution in [0, 0.1) is 11.3 Å². The van der Waals surface area contributed by atoms with Crippen molar-refractivity contribution in [2.45, 2.75) is 9.79 Å². The van der Waals surface area contributed by atoms with Crippen molar-refractivity contribution >= 4 is 29.3 Å². The standard InChI is InChI=1S/C14H8ClNO2S/c15-10-5-6-12(9(7-10)8-16)19-13-4-2-1-3-11(13)14(17)18/h1-7H,(H,17,18). The van der Waals surface area contributed by atoms with Gasteiger partial charge in [-0.2, -0.15) is 5.26 Å². The molecule has 0 atom stereocenters. The third-order valence-electron chi connectivity index (χ3n) is 2.40. The lowest BCUT2D eigenvalue weighted by atomic mass is 10.2. The van der Waals surface area contributed by atoms with Gasteiger partial charge in [0, 0.05) is 14.8 Å². The van der Waals surface area contributed by atoms with Gasteiger partial charge in [0.1, 0.15) is 6.07 Å². The second-order valence-corrected chi connectivity index (χ2v) is 5.18. The van der Waals surface area contributed by atoms with E-state index >= 15 is 0 Å². The highest BCUT2D eigenvalue weighted by molar-refractivity contribution is 7.99. The monoisotopic (exact) mass is 289 g/mol. The zero-order chi connectivity index (χ0) is 13.8. The number of carboxylic acids is 1. The fourth-order valence-electron chi connectivity index (χ4n) is 1.53. The quantitative estimate of drug-likeness (QED) is 0.925. The van der Waals surface area contributed by atoms with Crippen LogP contribution < -0.4 is 0 Å². The Balaban J connectivity index is 2.43. The number of nitrogens with zero attached hydrogens (tertiary/aromatic N) is 1. The second-order valence-electron chi connectivity index (χ2n) is 3.66. The fraction of sp³-hybridized carbons (Fsp3) is 0. The molecule has 0 aliphatic heterocycles. The maximum atomic E-state index is 11.1. The van der Waals surface area contributed by atoms with E-state index in [1.807, 2.05) is 0 Å². The molecule has 0 heterocycles. The van der Waals surface area contributed by atoms with Crippen LogP contribution in [0.5, 0.6) is 0 Å². The first-order valence-corrected chi connectivity index (χ1v) is 6.51. The summed E-state index contributed by atoms with van der Waals surface area (Å²) < 4.78 is 0. The number of rotatable bonds is 3. The molecule has 1 N–H and O–H groups in total. The average molecular weight is 290 g/mol. The van der Waals surface area contributed by atoms with Gasteiger partial charge in [0.05, 0.1) is 11.1 Å². The molecule has 2 rings (SSSR count). The van der Waals surface area contributed by atoms with E-state index in [0.717, 1.165) is 0 Å². The van der Waals surface area contributed by atoms with Crippen LogP contribution in [0.2, 0.25) is 5.02 Å². The molecule has 3 nitrogen and oxygen atoms in total. The van der Waals surface area contributed by atoms with Crippen LogP contribution in [0.3, 0.4) is 0 Å². The maximum absolute atomic E-state index is 11.1. The first-order chi connectivity index (χ1) is 9.11. The van der Waals surface area contributed by atoms with Gasteiger partial charge in [-0.15, -0.1) is 0 Å². The first-order valence-electron chi connectivity index (χ1n) is 5.31. The molecular weight excluding hydrogens is 282 g/mol. The van der Waals surface area contributed by atoms with Gasteiger partial charge >= 0.3 is 5.97 Å². The van der Waals surface area contributed by atoms with Gasteiger partial charge in [-0.3, -0.25) is 0 Å². The van der Waals surface area contributed by atoms with E-state index in [4.69, 9.17) is 22.0 Å². The molecule has 0 radical (unpaired) electrons. The van der Waals surface area contributed by atoms with Crippen LogP contribution in [0.25, 0.3) is 0 Å². The predicted molar refractivity (Wildman–Crippen MR) is 73.7 cm³/mol. The van der Waals surface area contributed by atoms with Gasteiger partial charge in [0.25, 0.3) is 0 Å². The van der Waals surface area contributed by atoms with Crippen molar-refractivity contribution in [3.63, 3.8) is 0 Å². The van der Waals surface area contributed by atoms with Gasteiger partial charge in [-0.05, 0) is 30.3 Å². The lowest BCUT2D eigenvalue weighted by molar-refractivity contribution is 0.0693. The molecule has 0 aliphatic rings. The number of nitriles is 1. The van der Waals surface area contributed by atoms with Crippen LogP contribution in [-0.4, -0.2) is 11.1 Å². The lowest BCUT2D eigenvalue weighted by Gasteiger charge is -2.07. The summed E-state index contributed by atoms with van der Waals surface area (Å²) in [6.07, 6.45) is 0. The number of aromatic carboxylic acids is 1. The number of hydrogen-bond acceptors (Lipinski definition) is 3. The van der Waals surface area contributed by atoms with E-state index in [1.165, 1.54) is 17.8 Å². The van der Waals surface area contributed by atoms with Crippen molar-refractivity contribution in [1.29, 1.82) is 5.26 Å². The minimum atomic E-state index is -0.990. The van der Waals surface area contributed by atoms with Crippen LogP contribution in [-0.2, 0) is 0 Å². The second kappa shape index (κ2) is 5.79. The van der Waals surface area contributed by atoms with E-state index in [9.17, 15) is 4.79 Å². The van der Waals surface area contributed by atoms with Crippen LogP contribution in [0.4, 0.5) is 0 Å². The highest BCUT2D eigenvalue weighted by atomic mass is 35.5. The maximum Gasteiger partial charge on any atom is 0.336 e. The average Bonchev–Trinajstić information content (AvgIpc) is 2.41. The Hall–Kier alpha value is -1.96. The first kappa shape index (κ1) is 13.5. The molecule has 5 heteroatoms. The number of carbonyl (C=O) groups is 1. The summed E-state index contributed by atoms with van der Waals surface area (Å²) in [5.74, 6) is -0.990. The fourth-order valence-corrected chi connectivity index (χ4v) is 2.70. The molecule has 0 spiro atoms. The predicted octanol–water partition coefficient (Wildman–Crippen LogP) is 4.06. The van der Waals surface area contributed by atoms with Crippen molar-refractivity contribution < 1.29 is 9.90 Å². The minimum absolute atomic E-state index is 0.214. The lowest BCUT2D eigenvalue weighted by Crippen LogP contribution is -1.98. The van der Waals surface area contributed by atoms with E-state index in [-0.39, 0.29) is 5.56 Å². The number of halogens is 1. The Bertz CT molecular complexity index is 679. The Morgan fingerprint density at radius 2 is 1.95 bits per heavy atom. The van der Waals surface area contributed by atoms with E-state index in [1.54, 1.807) is 36.4 Å². The Morgan fingerprint density at radius 3 is 2.63 bits per heavy atom. The van der Waals surface area contributed by atoms with Crippen molar-refractivity contribution in [3.8, 4) is 6.07 Å². The molecule has 2 aromatic carbocycles. The Morgan fingerprint density at radius 1 is 1.21 bits per heavy atom. The van der Waals surface area contributed by atoms with Crippen LogP contribution in [0.15, 0.2) is 52.3 Å². The molecule has 94 valence electrons. The molecule has 0 unspecified atom stereocenters. The zero-order valence-electron chi connectivity index (χ0n) is 9.63. The molecule has 0 saturated heterocycles. The molecule has 0 aromatic heterocycles. The Kier molecular flexibility index (Phi) is 4.10. The number of benzene rings is 2. The third-order valence-corrected chi connectivity index (χ3v) is 3.79. The summed E-state index contributed by atoms with van der Waals surface area (Å²) in [4.78, 5) is 12.4. The zero-order valence-corrected chi connectivity index (χ0v) is 11.2. The highest BCUT2D eigenvalue weighted by Gasteiger charge is 2.12. The summed E-state index contributed by atoms with van der Waals surface area (Å²) in [6.45, 7) is 0. The number of carboxylic acid groups (broad SMARTS) is 1. The van der Waals surface area contributed by atoms with Crippen molar-refractivity contribution in [2.75, 3.05) is 0 Å². The van der Waals surface area contributed by atoms with Gasteiger partial charge in [-0.25, -0.2) is 4.79 Å². The molecule has 19 heavy (non-hydrogen) atoms. The van der Waals surface area contributed by atoms with Crippen LogP contribution in [0.1, 0.15) is 15.9 Å². The minimum Gasteiger partial charge on any atom is -0.478 e. The van der Waals surface area contributed by atoms with Gasteiger partial charge in [0.15, 0.2) is 0 Å². The summed E-state index contributed by atoms with van der Waals surface area (Å²) in [5, 5.41) is 18.7.